The van der Waals surface area contributed by atoms with Crippen LogP contribution in [-0.4, -0.2) is 82.7 Å². The van der Waals surface area contributed by atoms with Crippen LogP contribution in [0, 0.1) is 0 Å². The molecule has 4 aromatic carbocycles. The molecular formula is C38H39N3O6. The minimum absolute atomic E-state index is 0.0976. The number of aliphatic hydroxyl groups is 1. The fourth-order valence-electron chi connectivity index (χ4n) is 6.59. The van der Waals surface area contributed by atoms with Crippen molar-refractivity contribution in [3.05, 3.63) is 137 Å². The lowest BCUT2D eigenvalue weighted by Gasteiger charge is -2.40. The van der Waals surface area contributed by atoms with Gasteiger partial charge in [-0.15, -0.1) is 0 Å². The number of nitrogens with one attached hydrogen (secondary N) is 1. The Labute approximate surface area is 274 Å². The highest BCUT2D eigenvalue weighted by Crippen LogP contribution is 2.37. The highest BCUT2D eigenvalue weighted by atomic mass is 16.5. The number of piperazine rings is 1. The number of carboxylic acid groups (broad SMARTS) is 1. The van der Waals surface area contributed by atoms with E-state index < -0.39 is 24.0 Å². The Hall–Kier alpha value is -4.99. The number of nitrogens with zero attached hydrogens (tertiary/aromatic N) is 2. The molecule has 9 nitrogen and oxygen atoms in total. The number of benzene rings is 4. The Balaban J connectivity index is 1.03. The third kappa shape index (κ3) is 7.53. The highest BCUT2D eigenvalue weighted by molar-refractivity contribution is 5.95. The first-order valence-corrected chi connectivity index (χ1v) is 16.0. The van der Waals surface area contributed by atoms with Gasteiger partial charge >= 0.3 is 5.97 Å². The summed E-state index contributed by atoms with van der Waals surface area (Å²) in [6.07, 6.45) is 0.425. The Morgan fingerprint density at radius 1 is 0.766 bits per heavy atom. The van der Waals surface area contributed by atoms with E-state index in [-0.39, 0.29) is 30.5 Å². The first-order valence-electron chi connectivity index (χ1n) is 16.0. The maximum absolute atomic E-state index is 13.1. The van der Waals surface area contributed by atoms with Crippen molar-refractivity contribution in [2.75, 3.05) is 32.8 Å². The van der Waals surface area contributed by atoms with E-state index in [1.807, 2.05) is 23.1 Å². The molecule has 9 heteroatoms. The highest BCUT2D eigenvalue weighted by Gasteiger charge is 2.32. The number of carboxylic acids is 1. The normalized spacial score (nSPS) is 16.2. The fourth-order valence-corrected chi connectivity index (χ4v) is 6.59. The summed E-state index contributed by atoms with van der Waals surface area (Å²) in [4.78, 5) is 41.8. The maximum Gasteiger partial charge on any atom is 0.334 e. The van der Waals surface area contributed by atoms with Crippen LogP contribution in [0.3, 0.4) is 0 Å². The Kier molecular flexibility index (Phi) is 9.94. The molecule has 2 amide bonds. The van der Waals surface area contributed by atoms with Crippen LogP contribution in [0.2, 0.25) is 0 Å². The van der Waals surface area contributed by atoms with Crippen molar-refractivity contribution in [2.45, 2.75) is 37.5 Å². The molecule has 1 heterocycles. The molecule has 0 aromatic heterocycles. The zero-order chi connectivity index (χ0) is 32.8. The van der Waals surface area contributed by atoms with Crippen LogP contribution in [0.5, 0.6) is 5.75 Å². The predicted molar refractivity (Wildman–Crippen MR) is 177 cm³/mol. The minimum atomic E-state index is -1.77. The summed E-state index contributed by atoms with van der Waals surface area (Å²) in [5.74, 6) is -1.60. The van der Waals surface area contributed by atoms with Crippen LogP contribution < -0.4 is 10.1 Å². The van der Waals surface area contributed by atoms with Crippen molar-refractivity contribution in [3.63, 3.8) is 0 Å². The Bertz CT molecular complexity index is 1650. The molecule has 0 radical (unpaired) electrons. The van der Waals surface area contributed by atoms with Crippen LogP contribution in [0.1, 0.15) is 44.2 Å². The van der Waals surface area contributed by atoms with Gasteiger partial charge in [0, 0.05) is 31.7 Å². The Morgan fingerprint density at radius 2 is 1.34 bits per heavy atom. The quantitative estimate of drug-likeness (QED) is 0.243. The number of fused-ring (bicyclic) bond motifs is 2. The molecule has 1 saturated heterocycles. The first-order chi connectivity index (χ1) is 22.9. The average Bonchev–Trinajstić information content (AvgIpc) is 3.27. The molecule has 6 rings (SSSR count). The third-order valence-electron chi connectivity index (χ3n) is 9.12. The molecule has 1 aliphatic carbocycles. The van der Waals surface area contributed by atoms with Gasteiger partial charge in [0.2, 0.25) is 0 Å². The predicted octanol–water partition coefficient (Wildman–Crippen LogP) is 3.88. The molecule has 3 N–H and O–H groups in total. The topological polar surface area (TPSA) is 119 Å². The molecule has 4 aromatic rings. The lowest BCUT2D eigenvalue weighted by Crippen LogP contribution is -2.51. The van der Waals surface area contributed by atoms with E-state index in [4.69, 9.17) is 4.74 Å². The van der Waals surface area contributed by atoms with Gasteiger partial charge in [0.15, 0.2) is 12.7 Å². The van der Waals surface area contributed by atoms with Gasteiger partial charge in [-0.2, -0.15) is 0 Å². The monoisotopic (exact) mass is 633 g/mol. The standard InChI is InChI=1S/C38H39N3O6/c42-34(40-20-22-41(23-21-40)35-31-12-6-4-10-27(31)14-15-28-11-5-7-13-32(28)35)25-47-30-18-16-29(17-19-30)37(44)39-33(36(43)38(45)46)24-26-8-2-1-3-9-26/h1-13,16-19,33,35-36,43H,14-15,20-25H2,(H,39,44)(H,45,46)/t33-,36+/m0/s1. The van der Waals surface area contributed by atoms with E-state index in [1.165, 1.54) is 22.3 Å². The summed E-state index contributed by atoms with van der Waals surface area (Å²) in [6, 6.07) is 31.9. The van der Waals surface area contributed by atoms with Gasteiger partial charge in [-0.3, -0.25) is 14.5 Å². The molecule has 47 heavy (non-hydrogen) atoms. The lowest BCUT2D eigenvalue weighted by molar-refractivity contribution is -0.148. The van der Waals surface area contributed by atoms with E-state index in [1.54, 1.807) is 36.4 Å². The van der Waals surface area contributed by atoms with E-state index in [9.17, 15) is 24.6 Å². The summed E-state index contributed by atoms with van der Waals surface area (Å²) < 4.78 is 5.78. The maximum atomic E-state index is 13.1. The molecule has 0 bridgehead atoms. The number of aryl methyl sites for hydroxylation is 2. The number of amides is 2. The zero-order valence-corrected chi connectivity index (χ0v) is 26.1. The summed E-state index contributed by atoms with van der Waals surface area (Å²) >= 11 is 0. The molecule has 1 aliphatic heterocycles. The van der Waals surface area contributed by atoms with Crippen molar-refractivity contribution < 1.29 is 29.3 Å². The van der Waals surface area contributed by atoms with E-state index in [0.717, 1.165) is 31.5 Å². The van der Waals surface area contributed by atoms with Crippen LogP contribution in [0.25, 0.3) is 0 Å². The van der Waals surface area contributed by atoms with Gasteiger partial charge in [0.1, 0.15) is 5.75 Å². The van der Waals surface area contributed by atoms with Crippen LogP contribution in [0.4, 0.5) is 0 Å². The van der Waals surface area contributed by atoms with Gasteiger partial charge in [0.25, 0.3) is 11.8 Å². The Morgan fingerprint density at radius 3 is 1.94 bits per heavy atom. The van der Waals surface area contributed by atoms with Gasteiger partial charge in [-0.1, -0.05) is 78.9 Å². The minimum Gasteiger partial charge on any atom is -0.484 e. The summed E-state index contributed by atoms with van der Waals surface area (Å²) in [5.41, 5.74) is 6.53. The van der Waals surface area contributed by atoms with Crippen molar-refractivity contribution in [1.82, 2.24) is 15.1 Å². The van der Waals surface area contributed by atoms with Gasteiger partial charge in [-0.25, -0.2) is 4.79 Å². The van der Waals surface area contributed by atoms with Crippen molar-refractivity contribution >= 4 is 17.8 Å². The SMILES string of the molecule is O=C(N[C@@H](Cc1ccccc1)[C@@H](O)C(=O)O)c1ccc(OCC(=O)N2CCN(C3c4ccccc4CCc4ccccc43)CC2)cc1. The third-order valence-corrected chi connectivity index (χ3v) is 9.12. The first kappa shape index (κ1) is 32.0. The number of carbonyl (C=O) groups is 3. The van der Waals surface area contributed by atoms with Crippen LogP contribution in [-0.2, 0) is 28.9 Å². The number of carbonyl (C=O) groups excluding carboxylic acids is 2. The zero-order valence-electron chi connectivity index (χ0n) is 26.1. The number of hydrogen-bond acceptors (Lipinski definition) is 6. The molecule has 1 fully saturated rings. The molecule has 2 aliphatic rings. The number of ether oxygens (including phenoxy) is 1. The number of hydrogen-bond donors (Lipinski definition) is 3. The smallest absolute Gasteiger partial charge is 0.334 e. The molecule has 0 saturated carbocycles. The van der Waals surface area contributed by atoms with Crippen LogP contribution >= 0.6 is 0 Å². The second kappa shape index (κ2) is 14.6. The summed E-state index contributed by atoms with van der Waals surface area (Å²) in [7, 11) is 0. The van der Waals surface area contributed by atoms with Crippen molar-refractivity contribution in [1.29, 1.82) is 0 Å². The molecular weight excluding hydrogens is 594 g/mol. The van der Waals surface area contributed by atoms with Gasteiger partial charge < -0.3 is 25.2 Å². The second-order valence-electron chi connectivity index (χ2n) is 12.1. The van der Waals surface area contributed by atoms with E-state index >= 15 is 0 Å². The number of aliphatic hydroxyl groups excluding tert-OH is 1. The molecule has 2 atom stereocenters. The number of aliphatic carboxylic acids is 1. The fraction of sp³-hybridized carbons (Fsp3) is 0.289. The van der Waals surface area contributed by atoms with Crippen molar-refractivity contribution in [3.8, 4) is 5.75 Å². The largest absolute Gasteiger partial charge is 0.484 e. The molecule has 0 spiro atoms. The van der Waals surface area contributed by atoms with Crippen LogP contribution in [0.15, 0.2) is 103 Å². The summed E-state index contributed by atoms with van der Waals surface area (Å²) in [5, 5.41) is 22.2. The van der Waals surface area contributed by atoms with Gasteiger partial charge in [-0.05, 0) is 71.3 Å². The lowest BCUT2D eigenvalue weighted by atomic mass is 9.93. The average molecular weight is 634 g/mol. The van der Waals surface area contributed by atoms with E-state index in [2.05, 4.69) is 58.7 Å². The molecule has 0 unspecified atom stereocenters. The second-order valence-corrected chi connectivity index (χ2v) is 12.1. The molecule has 242 valence electrons. The summed E-state index contributed by atoms with van der Waals surface area (Å²) in [6.45, 7) is 2.60. The van der Waals surface area contributed by atoms with Crippen molar-refractivity contribution in [2.24, 2.45) is 0 Å². The number of rotatable bonds is 10. The van der Waals surface area contributed by atoms with E-state index in [0.29, 0.717) is 18.8 Å². The van der Waals surface area contributed by atoms with Gasteiger partial charge in [0.05, 0.1) is 12.1 Å².